The topological polar surface area (TPSA) is 85.1 Å². The number of rotatable bonds is 5. The van der Waals surface area contributed by atoms with Crippen LogP contribution in [0.3, 0.4) is 0 Å². The molecule has 0 saturated carbocycles. The average molecular weight is 350 g/mol. The van der Waals surface area contributed by atoms with Gasteiger partial charge in [-0.25, -0.2) is 0 Å². The molecule has 0 fully saturated rings. The Labute approximate surface area is 132 Å². The van der Waals surface area contributed by atoms with E-state index < -0.39 is 15.6 Å². The minimum absolute atomic E-state index is 0.00295. The van der Waals surface area contributed by atoms with E-state index in [2.05, 4.69) is 10.3 Å². The maximum atomic E-state index is 12.4. The van der Waals surface area contributed by atoms with E-state index in [1.165, 1.54) is 12.1 Å². The summed E-state index contributed by atoms with van der Waals surface area (Å²) in [6, 6.07) is 6.31. The van der Waals surface area contributed by atoms with Gasteiger partial charge in [-0.15, -0.1) is 32.4 Å². The van der Waals surface area contributed by atoms with Crippen LogP contribution in [0.25, 0.3) is 0 Å². The number of aliphatic hydroxyl groups is 1. The van der Waals surface area contributed by atoms with E-state index in [0.717, 1.165) is 11.8 Å². The van der Waals surface area contributed by atoms with Gasteiger partial charge in [-0.1, -0.05) is 22.9 Å². The molecule has 9 heteroatoms. The lowest BCUT2D eigenvalue weighted by Crippen LogP contribution is -2.30. The Morgan fingerprint density at radius 1 is 1.24 bits per heavy atom. The monoisotopic (exact) mass is 349 g/mol. The fourth-order valence-corrected chi connectivity index (χ4v) is 3.20. The van der Waals surface area contributed by atoms with Crippen LogP contribution >= 0.6 is 23.2 Å². The van der Waals surface area contributed by atoms with Crippen LogP contribution in [0.2, 0.25) is 0 Å². The fraction of sp³-hybridized carbons (Fsp3) is 0.333. The maximum Gasteiger partial charge on any atom is 0.284 e. The summed E-state index contributed by atoms with van der Waals surface area (Å²) in [4.78, 5) is 0.0739. The predicted octanol–water partition coefficient (Wildman–Crippen LogP) is 1.49. The van der Waals surface area contributed by atoms with E-state index in [1.54, 1.807) is 12.1 Å². The first-order valence-corrected chi connectivity index (χ1v) is 8.44. The standard InChI is InChI=1S/C12H13Cl2N3O3S/c1-9-2-4-10(5-3-9)21(19,20)17-6-11(15-16-17)12(18,7-13)8-14/h2-6,18H,7-8H2,1H3. The van der Waals surface area contributed by atoms with Crippen molar-refractivity contribution in [2.75, 3.05) is 11.8 Å². The van der Waals surface area contributed by atoms with Gasteiger partial charge in [-0.2, -0.15) is 8.42 Å². The molecule has 0 aliphatic heterocycles. The van der Waals surface area contributed by atoms with E-state index >= 15 is 0 Å². The average Bonchev–Trinajstić information content (AvgIpc) is 2.98. The molecule has 2 aromatic rings. The van der Waals surface area contributed by atoms with Gasteiger partial charge in [0.1, 0.15) is 11.3 Å². The smallest absolute Gasteiger partial charge is 0.284 e. The number of hydrogen-bond donors (Lipinski definition) is 1. The highest BCUT2D eigenvalue weighted by Gasteiger charge is 2.32. The zero-order chi connectivity index (χ0) is 15.7. The van der Waals surface area contributed by atoms with Crippen molar-refractivity contribution in [3.63, 3.8) is 0 Å². The molecule has 21 heavy (non-hydrogen) atoms. The molecule has 0 atom stereocenters. The number of benzene rings is 1. The van der Waals surface area contributed by atoms with Crippen molar-refractivity contribution in [2.24, 2.45) is 0 Å². The first-order chi connectivity index (χ1) is 9.83. The first kappa shape index (κ1) is 16.2. The molecule has 114 valence electrons. The summed E-state index contributed by atoms with van der Waals surface area (Å²) in [6.45, 7) is 1.85. The van der Waals surface area contributed by atoms with Crippen LogP contribution in [0.15, 0.2) is 35.4 Å². The number of halogens is 2. The number of nitrogens with zero attached hydrogens (tertiary/aromatic N) is 3. The van der Waals surface area contributed by atoms with E-state index in [9.17, 15) is 13.5 Å². The van der Waals surface area contributed by atoms with Gasteiger partial charge in [0.15, 0.2) is 0 Å². The summed E-state index contributed by atoms with van der Waals surface area (Å²) in [5.41, 5.74) is -0.681. The van der Waals surface area contributed by atoms with Gasteiger partial charge in [0.05, 0.1) is 22.9 Å². The van der Waals surface area contributed by atoms with Crippen LogP contribution in [-0.4, -0.2) is 39.7 Å². The molecule has 1 aromatic carbocycles. The van der Waals surface area contributed by atoms with Crippen LogP contribution in [0.1, 0.15) is 11.3 Å². The highest BCUT2D eigenvalue weighted by Crippen LogP contribution is 2.23. The molecule has 1 aromatic heterocycles. The van der Waals surface area contributed by atoms with Crippen molar-refractivity contribution < 1.29 is 13.5 Å². The Hall–Kier alpha value is -1.15. The number of aromatic nitrogens is 3. The Bertz CT molecular complexity index is 724. The number of aryl methyl sites for hydroxylation is 1. The molecule has 0 aliphatic rings. The normalized spacial score (nSPS) is 12.6. The lowest BCUT2D eigenvalue weighted by molar-refractivity contribution is 0.0813. The van der Waals surface area contributed by atoms with E-state index in [-0.39, 0.29) is 22.3 Å². The minimum Gasteiger partial charge on any atom is -0.381 e. The van der Waals surface area contributed by atoms with E-state index in [4.69, 9.17) is 23.2 Å². The van der Waals surface area contributed by atoms with Gasteiger partial charge in [-0.05, 0) is 19.1 Å². The van der Waals surface area contributed by atoms with Crippen LogP contribution < -0.4 is 0 Å². The molecular formula is C12H13Cl2N3O3S. The molecule has 0 unspecified atom stereocenters. The van der Waals surface area contributed by atoms with Crippen molar-refractivity contribution >= 4 is 33.2 Å². The molecule has 0 radical (unpaired) electrons. The molecule has 0 amide bonds. The Balaban J connectivity index is 2.43. The second-order valence-electron chi connectivity index (χ2n) is 4.59. The van der Waals surface area contributed by atoms with E-state index in [0.29, 0.717) is 4.09 Å². The van der Waals surface area contributed by atoms with Gasteiger partial charge in [0.25, 0.3) is 10.0 Å². The third-order valence-electron chi connectivity index (χ3n) is 2.96. The first-order valence-electron chi connectivity index (χ1n) is 5.93. The Kier molecular flexibility index (Phi) is 4.57. The third-order valence-corrected chi connectivity index (χ3v) is 5.38. The molecule has 1 heterocycles. The van der Waals surface area contributed by atoms with Crippen molar-refractivity contribution in [1.29, 1.82) is 0 Å². The van der Waals surface area contributed by atoms with Crippen LogP contribution in [0.5, 0.6) is 0 Å². The van der Waals surface area contributed by atoms with Crippen molar-refractivity contribution in [2.45, 2.75) is 17.4 Å². The van der Waals surface area contributed by atoms with Crippen molar-refractivity contribution in [1.82, 2.24) is 14.4 Å². The molecule has 0 bridgehead atoms. The molecule has 0 saturated heterocycles. The van der Waals surface area contributed by atoms with Crippen LogP contribution in [-0.2, 0) is 15.6 Å². The summed E-state index contributed by atoms with van der Waals surface area (Å²) in [6.07, 6.45) is 1.11. The van der Waals surface area contributed by atoms with E-state index in [1.807, 2.05) is 6.92 Å². The quantitative estimate of drug-likeness (QED) is 0.826. The van der Waals surface area contributed by atoms with Gasteiger partial charge >= 0.3 is 0 Å². The van der Waals surface area contributed by atoms with Crippen LogP contribution in [0.4, 0.5) is 0 Å². The number of hydrogen-bond acceptors (Lipinski definition) is 5. The molecule has 0 aliphatic carbocycles. The Morgan fingerprint density at radius 2 is 1.81 bits per heavy atom. The lowest BCUT2D eigenvalue weighted by atomic mass is 10.1. The summed E-state index contributed by atoms with van der Waals surface area (Å²) in [7, 11) is -3.87. The predicted molar refractivity (Wildman–Crippen MR) is 79.1 cm³/mol. The summed E-state index contributed by atoms with van der Waals surface area (Å²) in [5.74, 6) is -0.445. The number of alkyl halides is 2. The molecule has 1 N–H and O–H groups in total. The van der Waals surface area contributed by atoms with Gasteiger partial charge in [0, 0.05) is 0 Å². The zero-order valence-corrected chi connectivity index (χ0v) is 13.4. The fourth-order valence-electron chi connectivity index (χ4n) is 1.57. The van der Waals surface area contributed by atoms with Crippen molar-refractivity contribution in [3.8, 4) is 0 Å². The molecule has 2 rings (SSSR count). The Morgan fingerprint density at radius 3 is 2.33 bits per heavy atom. The molecule has 6 nitrogen and oxygen atoms in total. The van der Waals surface area contributed by atoms with Crippen molar-refractivity contribution in [3.05, 3.63) is 41.7 Å². The summed E-state index contributed by atoms with van der Waals surface area (Å²) >= 11 is 11.3. The van der Waals surface area contributed by atoms with Gasteiger partial charge < -0.3 is 5.11 Å². The lowest BCUT2D eigenvalue weighted by Gasteiger charge is -2.18. The third kappa shape index (κ3) is 3.06. The largest absolute Gasteiger partial charge is 0.381 e. The van der Waals surface area contributed by atoms with Gasteiger partial charge in [0.2, 0.25) is 0 Å². The SMILES string of the molecule is Cc1ccc(S(=O)(=O)n2cc(C(O)(CCl)CCl)nn2)cc1. The minimum atomic E-state index is -3.87. The zero-order valence-electron chi connectivity index (χ0n) is 11.1. The van der Waals surface area contributed by atoms with Crippen LogP contribution in [0, 0.1) is 6.92 Å². The van der Waals surface area contributed by atoms with Gasteiger partial charge in [-0.3, -0.25) is 0 Å². The second kappa shape index (κ2) is 5.92. The molecular weight excluding hydrogens is 337 g/mol. The summed E-state index contributed by atoms with van der Waals surface area (Å²) in [5, 5.41) is 17.3. The second-order valence-corrected chi connectivity index (χ2v) is 6.92. The summed E-state index contributed by atoms with van der Waals surface area (Å²) < 4.78 is 25.4. The maximum absolute atomic E-state index is 12.4. The highest BCUT2D eigenvalue weighted by molar-refractivity contribution is 7.89. The highest BCUT2D eigenvalue weighted by atomic mass is 35.5. The molecule has 0 spiro atoms.